The van der Waals surface area contributed by atoms with Crippen LogP contribution in [0.4, 0.5) is 0 Å². The van der Waals surface area contributed by atoms with Crippen molar-refractivity contribution in [1.82, 2.24) is 0 Å². The van der Waals surface area contributed by atoms with E-state index in [0.717, 1.165) is 25.7 Å². The standard InChI is InChI=1S/C22H30O2/c1-3-5-7-10-18-11-8-9-12-20(18)22(15-6-4-2)16-13-19(14-17-22)21(23)24/h8-9,11-14,16-17,19H,3-7,10,15H2,1-2H3,(H,23,24). The smallest absolute Gasteiger partial charge is 0.314 e. The number of unbranched alkanes of at least 4 members (excludes halogenated alkanes) is 3. The quantitative estimate of drug-likeness (QED) is 0.468. The minimum Gasteiger partial charge on any atom is -0.481 e. The van der Waals surface area contributed by atoms with Crippen molar-refractivity contribution in [3.8, 4) is 0 Å². The molecule has 0 spiro atoms. The monoisotopic (exact) mass is 326 g/mol. The lowest BCUT2D eigenvalue weighted by atomic mass is 9.70. The highest BCUT2D eigenvalue weighted by Crippen LogP contribution is 2.39. The van der Waals surface area contributed by atoms with Crippen LogP contribution in [-0.2, 0) is 16.6 Å². The van der Waals surface area contributed by atoms with Gasteiger partial charge in [-0.25, -0.2) is 0 Å². The maximum absolute atomic E-state index is 11.3. The first kappa shape index (κ1) is 18.5. The molecule has 0 aliphatic heterocycles. The van der Waals surface area contributed by atoms with Gasteiger partial charge in [0.2, 0.25) is 0 Å². The minimum absolute atomic E-state index is 0.148. The second-order valence-electron chi connectivity index (χ2n) is 6.84. The van der Waals surface area contributed by atoms with Crippen LogP contribution in [0.3, 0.4) is 0 Å². The van der Waals surface area contributed by atoms with Gasteiger partial charge in [0.05, 0.1) is 5.92 Å². The molecule has 0 aromatic heterocycles. The summed E-state index contributed by atoms with van der Waals surface area (Å²) in [6, 6.07) is 8.70. The molecule has 130 valence electrons. The Morgan fingerprint density at radius 1 is 1.04 bits per heavy atom. The van der Waals surface area contributed by atoms with E-state index in [4.69, 9.17) is 0 Å². The Kier molecular flexibility index (Phi) is 6.84. The number of carbonyl (C=O) groups is 1. The lowest BCUT2D eigenvalue weighted by Crippen LogP contribution is -2.27. The summed E-state index contributed by atoms with van der Waals surface area (Å²) in [5, 5.41) is 9.25. The number of allylic oxidation sites excluding steroid dienone is 2. The molecule has 2 rings (SSSR count). The summed E-state index contributed by atoms with van der Waals surface area (Å²) in [6.07, 6.45) is 16.1. The van der Waals surface area contributed by atoms with Crippen molar-refractivity contribution in [2.75, 3.05) is 0 Å². The molecule has 0 bridgehead atoms. The van der Waals surface area contributed by atoms with E-state index in [1.165, 1.54) is 30.4 Å². The molecular formula is C22H30O2. The Morgan fingerprint density at radius 3 is 2.33 bits per heavy atom. The van der Waals surface area contributed by atoms with Crippen molar-refractivity contribution in [3.05, 3.63) is 59.7 Å². The first-order valence-electron chi connectivity index (χ1n) is 9.33. The van der Waals surface area contributed by atoms with E-state index in [-0.39, 0.29) is 5.41 Å². The maximum Gasteiger partial charge on any atom is 0.314 e. The second kappa shape index (κ2) is 8.86. The Balaban J connectivity index is 2.34. The molecule has 0 saturated heterocycles. The van der Waals surface area contributed by atoms with Gasteiger partial charge in [-0.3, -0.25) is 4.79 Å². The van der Waals surface area contributed by atoms with Crippen LogP contribution in [0.1, 0.15) is 63.5 Å². The summed E-state index contributed by atoms with van der Waals surface area (Å²) in [4.78, 5) is 11.3. The highest BCUT2D eigenvalue weighted by Gasteiger charge is 2.31. The third kappa shape index (κ3) is 4.37. The van der Waals surface area contributed by atoms with Crippen molar-refractivity contribution in [3.63, 3.8) is 0 Å². The number of hydrogen-bond donors (Lipinski definition) is 1. The second-order valence-corrected chi connectivity index (χ2v) is 6.84. The van der Waals surface area contributed by atoms with Gasteiger partial charge >= 0.3 is 5.97 Å². The fourth-order valence-corrected chi connectivity index (χ4v) is 3.54. The normalized spacial score (nSPS) is 22.7. The zero-order valence-electron chi connectivity index (χ0n) is 15.0. The summed E-state index contributed by atoms with van der Waals surface area (Å²) in [5.74, 6) is -1.27. The average molecular weight is 326 g/mol. The van der Waals surface area contributed by atoms with Gasteiger partial charge in [0.15, 0.2) is 0 Å². The van der Waals surface area contributed by atoms with E-state index in [1.54, 1.807) is 0 Å². The molecule has 0 atom stereocenters. The van der Waals surface area contributed by atoms with Crippen LogP contribution in [0, 0.1) is 5.92 Å². The number of benzene rings is 1. The molecule has 1 aliphatic carbocycles. The number of carboxylic acid groups (broad SMARTS) is 1. The molecule has 1 N–H and O–H groups in total. The predicted molar refractivity (Wildman–Crippen MR) is 100 cm³/mol. The molecule has 0 unspecified atom stereocenters. The molecule has 0 radical (unpaired) electrons. The highest BCUT2D eigenvalue weighted by molar-refractivity contribution is 5.75. The molecule has 1 aromatic carbocycles. The van der Waals surface area contributed by atoms with Crippen LogP contribution in [0.15, 0.2) is 48.6 Å². The van der Waals surface area contributed by atoms with E-state index in [0.29, 0.717) is 0 Å². The highest BCUT2D eigenvalue weighted by atomic mass is 16.4. The summed E-state index contributed by atoms with van der Waals surface area (Å²) < 4.78 is 0. The summed E-state index contributed by atoms with van der Waals surface area (Å²) >= 11 is 0. The number of rotatable bonds is 9. The van der Waals surface area contributed by atoms with E-state index in [9.17, 15) is 9.90 Å². The summed E-state index contributed by atoms with van der Waals surface area (Å²) in [7, 11) is 0. The van der Waals surface area contributed by atoms with Crippen molar-refractivity contribution in [1.29, 1.82) is 0 Å². The molecule has 2 nitrogen and oxygen atoms in total. The molecule has 0 fully saturated rings. The lowest BCUT2D eigenvalue weighted by Gasteiger charge is -2.33. The molecule has 1 aliphatic rings. The van der Waals surface area contributed by atoms with Gasteiger partial charge in [-0.1, -0.05) is 88.1 Å². The van der Waals surface area contributed by atoms with E-state index in [2.05, 4.69) is 50.3 Å². The third-order valence-electron chi connectivity index (χ3n) is 5.00. The van der Waals surface area contributed by atoms with Crippen molar-refractivity contribution >= 4 is 5.97 Å². The fourth-order valence-electron chi connectivity index (χ4n) is 3.54. The summed E-state index contributed by atoms with van der Waals surface area (Å²) in [6.45, 7) is 4.43. The van der Waals surface area contributed by atoms with Gasteiger partial charge in [0, 0.05) is 5.41 Å². The molecular weight excluding hydrogens is 296 g/mol. The van der Waals surface area contributed by atoms with Crippen LogP contribution in [0.2, 0.25) is 0 Å². The number of carboxylic acids is 1. The first-order valence-corrected chi connectivity index (χ1v) is 9.33. The zero-order chi connectivity index (χ0) is 17.4. The van der Waals surface area contributed by atoms with Crippen molar-refractivity contribution in [2.24, 2.45) is 5.92 Å². The number of hydrogen-bond acceptors (Lipinski definition) is 1. The molecule has 0 saturated carbocycles. The van der Waals surface area contributed by atoms with Crippen molar-refractivity contribution < 1.29 is 9.90 Å². The molecule has 1 aromatic rings. The zero-order valence-corrected chi connectivity index (χ0v) is 15.0. The average Bonchev–Trinajstić information content (AvgIpc) is 2.61. The van der Waals surface area contributed by atoms with Crippen LogP contribution in [0.25, 0.3) is 0 Å². The van der Waals surface area contributed by atoms with Crippen LogP contribution >= 0.6 is 0 Å². The van der Waals surface area contributed by atoms with Gasteiger partial charge in [-0.05, 0) is 30.4 Å². The largest absolute Gasteiger partial charge is 0.481 e. The summed E-state index contributed by atoms with van der Waals surface area (Å²) in [5.41, 5.74) is 2.61. The predicted octanol–water partition coefficient (Wildman–Crippen LogP) is 5.67. The molecule has 0 amide bonds. The fraction of sp³-hybridized carbons (Fsp3) is 0.500. The third-order valence-corrected chi connectivity index (χ3v) is 5.00. The maximum atomic E-state index is 11.3. The van der Waals surface area contributed by atoms with E-state index < -0.39 is 11.9 Å². The SMILES string of the molecule is CCCCCc1ccccc1C1(CCCC)C=CC(C(=O)O)C=C1. The Morgan fingerprint density at radius 2 is 1.71 bits per heavy atom. The van der Waals surface area contributed by atoms with Gasteiger partial charge in [0.25, 0.3) is 0 Å². The van der Waals surface area contributed by atoms with Crippen molar-refractivity contribution in [2.45, 2.75) is 64.2 Å². The minimum atomic E-state index is -0.775. The van der Waals surface area contributed by atoms with Gasteiger partial charge in [-0.15, -0.1) is 0 Å². The van der Waals surface area contributed by atoms with Gasteiger partial charge in [0.1, 0.15) is 0 Å². The Hall–Kier alpha value is -1.83. The molecule has 24 heavy (non-hydrogen) atoms. The molecule has 2 heteroatoms. The molecule has 0 heterocycles. The number of aliphatic carboxylic acids is 1. The topological polar surface area (TPSA) is 37.3 Å². The van der Waals surface area contributed by atoms with Crippen LogP contribution in [-0.4, -0.2) is 11.1 Å². The van der Waals surface area contributed by atoms with E-state index >= 15 is 0 Å². The van der Waals surface area contributed by atoms with Gasteiger partial charge in [-0.2, -0.15) is 0 Å². The number of aryl methyl sites for hydroxylation is 1. The van der Waals surface area contributed by atoms with Gasteiger partial charge < -0.3 is 5.11 Å². The lowest BCUT2D eigenvalue weighted by molar-refractivity contribution is -0.138. The first-order chi connectivity index (χ1) is 11.6. The Bertz CT molecular complexity index is 584. The van der Waals surface area contributed by atoms with Crippen LogP contribution < -0.4 is 0 Å². The Labute approximate surface area is 146 Å². The van der Waals surface area contributed by atoms with E-state index in [1.807, 2.05) is 12.2 Å². The van der Waals surface area contributed by atoms with Crippen LogP contribution in [0.5, 0.6) is 0 Å².